The molecule has 0 radical (unpaired) electrons. The Morgan fingerprint density at radius 2 is 2.36 bits per heavy atom. The second kappa shape index (κ2) is 4.00. The molecule has 0 bridgehead atoms. The number of hydrogen-bond acceptors (Lipinski definition) is 4. The molecular formula is C9H15NO3S. The molecule has 5 heteroatoms. The average molecular weight is 217 g/mol. The molecule has 2 unspecified atom stereocenters. The standard InChI is InChI=1S/C9H15NO3S/c11-14(12)5-3-8(7-14)10-6-9-2-1-4-13-9/h3,5,8-10H,1-2,4,6-7H2. The van der Waals surface area contributed by atoms with Crippen molar-refractivity contribution in [1.29, 1.82) is 0 Å². The summed E-state index contributed by atoms with van der Waals surface area (Å²) in [5, 5.41) is 4.48. The van der Waals surface area contributed by atoms with E-state index in [1.807, 2.05) is 0 Å². The van der Waals surface area contributed by atoms with E-state index >= 15 is 0 Å². The molecule has 2 heterocycles. The lowest BCUT2D eigenvalue weighted by atomic mass is 10.2. The van der Waals surface area contributed by atoms with Crippen molar-refractivity contribution in [3.05, 3.63) is 11.5 Å². The lowest BCUT2D eigenvalue weighted by molar-refractivity contribution is 0.109. The average Bonchev–Trinajstić information content (AvgIpc) is 2.70. The van der Waals surface area contributed by atoms with Crippen LogP contribution in [0.4, 0.5) is 0 Å². The molecule has 0 saturated carbocycles. The van der Waals surface area contributed by atoms with Crippen LogP contribution in [-0.2, 0) is 14.6 Å². The van der Waals surface area contributed by atoms with Crippen LogP contribution in [0.2, 0.25) is 0 Å². The zero-order valence-electron chi connectivity index (χ0n) is 7.98. The Balaban J connectivity index is 1.75. The van der Waals surface area contributed by atoms with Crippen LogP contribution in [0, 0.1) is 0 Å². The molecule has 0 aromatic rings. The van der Waals surface area contributed by atoms with E-state index in [1.165, 1.54) is 5.41 Å². The summed E-state index contributed by atoms with van der Waals surface area (Å²) in [6, 6.07) is -0.0239. The summed E-state index contributed by atoms with van der Waals surface area (Å²) in [5.41, 5.74) is 0. The smallest absolute Gasteiger partial charge is 0.173 e. The first-order valence-electron chi connectivity index (χ1n) is 4.92. The van der Waals surface area contributed by atoms with Crippen LogP contribution in [0.15, 0.2) is 11.5 Å². The van der Waals surface area contributed by atoms with Gasteiger partial charge < -0.3 is 10.1 Å². The molecule has 1 saturated heterocycles. The Labute approximate surface area is 84.2 Å². The number of nitrogens with one attached hydrogen (secondary N) is 1. The van der Waals surface area contributed by atoms with Gasteiger partial charge in [0, 0.05) is 24.6 Å². The van der Waals surface area contributed by atoms with E-state index in [1.54, 1.807) is 6.08 Å². The highest BCUT2D eigenvalue weighted by Crippen LogP contribution is 2.12. The normalized spacial score (nSPS) is 35.1. The van der Waals surface area contributed by atoms with Crippen molar-refractivity contribution in [2.45, 2.75) is 25.0 Å². The Kier molecular flexibility index (Phi) is 2.90. The summed E-state index contributed by atoms with van der Waals surface area (Å²) >= 11 is 0. The van der Waals surface area contributed by atoms with Crippen LogP contribution in [0.5, 0.6) is 0 Å². The van der Waals surface area contributed by atoms with Gasteiger partial charge in [-0.15, -0.1) is 0 Å². The Bertz CT molecular complexity index is 317. The molecule has 0 spiro atoms. The van der Waals surface area contributed by atoms with Gasteiger partial charge in [0.1, 0.15) is 0 Å². The Morgan fingerprint density at radius 1 is 1.50 bits per heavy atom. The van der Waals surface area contributed by atoms with E-state index < -0.39 is 9.84 Å². The van der Waals surface area contributed by atoms with Gasteiger partial charge >= 0.3 is 0 Å². The Hall–Kier alpha value is -0.390. The van der Waals surface area contributed by atoms with Gasteiger partial charge in [-0.05, 0) is 12.8 Å². The Morgan fingerprint density at radius 3 is 2.93 bits per heavy atom. The largest absolute Gasteiger partial charge is 0.377 e. The first-order valence-corrected chi connectivity index (χ1v) is 6.63. The summed E-state index contributed by atoms with van der Waals surface area (Å²) in [4.78, 5) is 0. The van der Waals surface area contributed by atoms with E-state index in [9.17, 15) is 8.42 Å². The fourth-order valence-electron chi connectivity index (χ4n) is 1.79. The molecule has 14 heavy (non-hydrogen) atoms. The van der Waals surface area contributed by atoms with Gasteiger partial charge in [-0.25, -0.2) is 8.42 Å². The molecular weight excluding hydrogens is 202 g/mol. The maximum Gasteiger partial charge on any atom is 0.173 e. The van der Waals surface area contributed by atoms with E-state index in [-0.39, 0.29) is 17.9 Å². The fraction of sp³-hybridized carbons (Fsp3) is 0.778. The summed E-state index contributed by atoms with van der Waals surface area (Å²) in [6.45, 7) is 1.59. The topological polar surface area (TPSA) is 55.4 Å². The first-order chi connectivity index (χ1) is 6.66. The van der Waals surface area contributed by atoms with Crippen molar-refractivity contribution < 1.29 is 13.2 Å². The number of sulfone groups is 1. The van der Waals surface area contributed by atoms with Crippen molar-refractivity contribution in [2.24, 2.45) is 0 Å². The van der Waals surface area contributed by atoms with Crippen molar-refractivity contribution in [1.82, 2.24) is 5.32 Å². The maximum atomic E-state index is 11.1. The maximum absolute atomic E-state index is 11.1. The zero-order valence-corrected chi connectivity index (χ0v) is 8.79. The van der Waals surface area contributed by atoms with Crippen molar-refractivity contribution >= 4 is 9.84 Å². The molecule has 80 valence electrons. The molecule has 1 fully saturated rings. The second-order valence-electron chi connectivity index (χ2n) is 3.81. The lowest BCUT2D eigenvalue weighted by Gasteiger charge is -2.13. The third-order valence-electron chi connectivity index (χ3n) is 2.56. The SMILES string of the molecule is O=S1(=O)C=CC(NCC2CCCO2)C1. The van der Waals surface area contributed by atoms with Crippen molar-refractivity contribution in [2.75, 3.05) is 18.9 Å². The van der Waals surface area contributed by atoms with Crippen LogP contribution >= 0.6 is 0 Å². The molecule has 4 nitrogen and oxygen atoms in total. The molecule has 2 aliphatic heterocycles. The summed E-state index contributed by atoms with van der Waals surface area (Å²) in [5.74, 6) is 0.194. The molecule has 0 aliphatic carbocycles. The summed E-state index contributed by atoms with van der Waals surface area (Å²) < 4.78 is 27.6. The molecule has 2 aliphatic rings. The third-order valence-corrected chi connectivity index (χ3v) is 3.96. The molecule has 1 N–H and O–H groups in total. The molecule has 2 rings (SSSR count). The fourth-order valence-corrected chi connectivity index (χ4v) is 3.06. The van der Waals surface area contributed by atoms with Crippen LogP contribution in [-0.4, -0.2) is 39.5 Å². The van der Waals surface area contributed by atoms with Gasteiger partial charge in [0.2, 0.25) is 0 Å². The number of rotatable bonds is 3. The van der Waals surface area contributed by atoms with E-state index in [2.05, 4.69) is 5.32 Å². The van der Waals surface area contributed by atoms with E-state index in [0.717, 1.165) is 26.0 Å². The van der Waals surface area contributed by atoms with Crippen molar-refractivity contribution in [3.63, 3.8) is 0 Å². The summed E-state index contributed by atoms with van der Waals surface area (Å²) in [6.07, 6.45) is 4.18. The minimum Gasteiger partial charge on any atom is -0.377 e. The third kappa shape index (κ3) is 2.56. The van der Waals surface area contributed by atoms with E-state index in [0.29, 0.717) is 0 Å². The van der Waals surface area contributed by atoms with Gasteiger partial charge in [0.25, 0.3) is 0 Å². The summed E-state index contributed by atoms with van der Waals surface area (Å²) in [7, 11) is -2.93. The molecule has 0 amide bonds. The van der Waals surface area contributed by atoms with Gasteiger partial charge in [0.05, 0.1) is 11.9 Å². The van der Waals surface area contributed by atoms with Gasteiger partial charge in [-0.2, -0.15) is 0 Å². The minimum atomic E-state index is -2.93. The predicted octanol–water partition coefficient (Wildman–Crippen LogP) is 0.0657. The molecule has 0 aromatic carbocycles. The first kappa shape index (κ1) is 10.1. The second-order valence-corrected chi connectivity index (χ2v) is 5.74. The highest BCUT2D eigenvalue weighted by Gasteiger charge is 2.23. The van der Waals surface area contributed by atoms with Crippen LogP contribution in [0.1, 0.15) is 12.8 Å². The van der Waals surface area contributed by atoms with Gasteiger partial charge in [-0.3, -0.25) is 0 Å². The lowest BCUT2D eigenvalue weighted by Crippen LogP contribution is -2.35. The minimum absolute atomic E-state index is 0.0239. The van der Waals surface area contributed by atoms with Crippen LogP contribution < -0.4 is 5.32 Å². The van der Waals surface area contributed by atoms with Crippen LogP contribution in [0.3, 0.4) is 0 Å². The number of ether oxygens (including phenoxy) is 1. The van der Waals surface area contributed by atoms with Crippen LogP contribution in [0.25, 0.3) is 0 Å². The zero-order chi connectivity index (χ0) is 10.0. The molecule has 0 aromatic heterocycles. The quantitative estimate of drug-likeness (QED) is 0.726. The monoisotopic (exact) mass is 217 g/mol. The van der Waals surface area contributed by atoms with Gasteiger partial charge in [-0.1, -0.05) is 6.08 Å². The molecule has 2 atom stereocenters. The predicted molar refractivity (Wildman–Crippen MR) is 53.7 cm³/mol. The van der Waals surface area contributed by atoms with Crippen molar-refractivity contribution in [3.8, 4) is 0 Å². The number of hydrogen-bond donors (Lipinski definition) is 1. The highest BCUT2D eigenvalue weighted by atomic mass is 32.2. The van der Waals surface area contributed by atoms with E-state index in [4.69, 9.17) is 4.74 Å². The highest BCUT2D eigenvalue weighted by molar-refractivity contribution is 7.94. The van der Waals surface area contributed by atoms with Gasteiger partial charge in [0.15, 0.2) is 9.84 Å².